The number of phenols is 1. The zero-order valence-corrected chi connectivity index (χ0v) is 13.8. The van der Waals surface area contributed by atoms with E-state index in [1.54, 1.807) is 26.8 Å². The summed E-state index contributed by atoms with van der Waals surface area (Å²) < 4.78 is 5.14. The second kappa shape index (κ2) is 8.53. The number of carbonyl (C=O) groups excluding carboxylic acids is 1. The van der Waals surface area contributed by atoms with Crippen LogP contribution in [0.25, 0.3) is 6.08 Å². The van der Waals surface area contributed by atoms with Gasteiger partial charge < -0.3 is 14.7 Å². The molecule has 0 aliphatic rings. The number of phenolic OH excluding ortho intramolecular Hbond substituents is 1. The van der Waals surface area contributed by atoms with Crippen molar-refractivity contribution in [3.8, 4) is 17.6 Å². The Hall–Kier alpha value is -3.08. The second-order valence-electron chi connectivity index (χ2n) is 4.69. The number of amides is 1. The van der Waals surface area contributed by atoms with Crippen LogP contribution in [0.1, 0.15) is 26.3 Å². The minimum Gasteiger partial charge on any atom is -0.504 e. The molecule has 1 aromatic carbocycles. The average molecular weight is 333 g/mol. The van der Waals surface area contributed by atoms with Gasteiger partial charge in [0.15, 0.2) is 5.75 Å². The predicted octanol–water partition coefficient (Wildman–Crippen LogP) is 2.47. The van der Waals surface area contributed by atoms with E-state index in [0.29, 0.717) is 13.1 Å². The summed E-state index contributed by atoms with van der Waals surface area (Å²) in [7, 11) is 0. The molecule has 1 amide bonds. The molecule has 0 saturated carbocycles. The SMILES string of the molecule is CCOc1c(O)ccc(/C=C(\C#N)C(=O)N(CC)CC)c1[N+](=O)[O-]. The van der Waals surface area contributed by atoms with Crippen molar-refractivity contribution in [2.24, 2.45) is 0 Å². The fourth-order valence-corrected chi connectivity index (χ4v) is 2.15. The van der Waals surface area contributed by atoms with Gasteiger partial charge in [-0.3, -0.25) is 14.9 Å². The molecular formula is C16H19N3O5. The number of hydrogen-bond acceptors (Lipinski definition) is 6. The Labute approximate surface area is 139 Å². The van der Waals surface area contributed by atoms with E-state index < -0.39 is 16.5 Å². The van der Waals surface area contributed by atoms with Crippen LogP contribution in [-0.4, -0.2) is 40.5 Å². The van der Waals surface area contributed by atoms with Gasteiger partial charge in [-0.05, 0) is 39.0 Å². The second-order valence-corrected chi connectivity index (χ2v) is 4.69. The summed E-state index contributed by atoms with van der Waals surface area (Å²) >= 11 is 0. The first-order valence-electron chi connectivity index (χ1n) is 7.45. The molecule has 24 heavy (non-hydrogen) atoms. The van der Waals surface area contributed by atoms with Crippen LogP contribution in [0.15, 0.2) is 17.7 Å². The molecule has 0 aliphatic carbocycles. The molecule has 0 radical (unpaired) electrons. The van der Waals surface area contributed by atoms with Gasteiger partial charge in [0.2, 0.25) is 5.75 Å². The van der Waals surface area contributed by atoms with Gasteiger partial charge in [0.1, 0.15) is 11.6 Å². The van der Waals surface area contributed by atoms with Crippen molar-refractivity contribution < 1.29 is 19.6 Å². The number of nitriles is 1. The molecule has 0 spiro atoms. The minimum absolute atomic E-state index is 0.0123. The number of rotatable bonds is 7. The number of likely N-dealkylation sites (N-methyl/N-ethyl adjacent to an activating group) is 1. The Balaban J connectivity index is 3.50. The van der Waals surface area contributed by atoms with E-state index in [0.717, 1.165) is 6.08 Å². The van der Waals surface area contributed by atoms with Gasteiger partial charge >= 0.3 is 5.69 Å². The van der Waals surface area contributed by atoms with Crippen molar-refractivity contribution in [1.82, 2.24) is 4.90 Å². The molecule has 1 N–H and O–H groups in total. The smallest absolute Gasteiger partial charge is 0.322 e. The topological polar surface area (TPSA) is 117 Å². The van der Waals surface area contributed by atoms with Crippen LogP contribution < -0.4 is 4.74 Å². The highest BCUT2D eigenvalue weighted by Crippen LogP contribution is 2.40. The summed E-state index contributed by atoms with van der Waals surface area (Å²) in [5.41, 5.74) is -0.704. The summed E-state index contributed by atoms with van der Waals surface area (Å²) in [6, 6.07) is 4.27. The number of aromatic hydroxyl groups is 1. The molecule has 8 heteroatoms. The van der Waals surface area contributed by atoms with Gasteiger partial charge in [0, 0.05) is 13.1 Å². The molecule has 0 aliphatic heterocycles. The van der Waals surface area contributed by atoms with Crippen molar-refractivity contribution in [3.63, 3.8) is 0 Å². The molecule has 0 bridgehead atoms. The van der Waals surface area contributed by atoms with Crippen LogP contribution in [0.3, 0.4) is 0 Å². The predicted molar refractivity (Wildman–Crippen MR) is 87.4 cm³/mol. The number of carbonyl (C=O) groups is 1. The molecule has 0 fully saturated rings. The minimum atomic E-state index is -0.715. The molecule has 128 valence electrons. The Morgan fingerprint density at radius 2 is 2.04 bits per heavy atom. The molecule has 0 aromatic heterocycles. The van der Waals surface area contributed by atoms with Crippen LogP contribution in [0.5, 0.6) is 11.5 Å². The van der Waals surface area contributed by atoms with E-state index in [9.17, 15) is 25.3 Å². The zero-order chi connectivity index (χ0) is 18.3. The lowest BCUT2D eigenvalue weighted by molar-refractivity contribution is -0.386. The highest BCUT2D eigenvalue weighted by atomic mass is 16.6. The first-order valence-corrected chi connectivity index (χ1v) is 7.45. The largest absolute Gasteiger partial charge is 0.504 e. The first-order chi connectivity index (χ1) is 11.4. The lowest BCUT2D eigenvalue weighted by Crippen LogP contribution is -2.31. The van der Waals surface area contributed by atoms with E-state index >= 15 is 0 Å². The van der Waals surface area contributed by atoms with Crippen LogP contribution in [0, 0.1) is 21.4 Å². The highest BCUT2D eigenvalue weighted by Gasteiger charge is 2.25. The van der Waals surface area contributed by atoms with Crippen molar-refractivity contribution >= 4 is 17.7 Å². The average Bonchev–Trinajstić information content (AvgIpc) is 2.56. The van der Waals surface area contributed by atoms with Crippen LogP contribution in [0.4, 0.5) is 5.69 Å². The molecular weight excluding hydrogens is 314 g/mol. The van der Waals surface area contributed by atoms with Crippen molar-refractivity contribution in [3.05, 3.63) is 33.4 Å². The molecule has 0 heterocycles. The number of benzene rings is 1. The molecule has 0 saturated heterocycles. The number of nitro benzene ring substituents is 1. The number of nitrogens with zero attached hydrogens (tertiary/aromatic N) is 3. The first kappa shape index (κ1) is 19.0. The Morgan fingerprint density at radius 1 is 1.42 bits per heavy atom. The van der Waals surface area contributed by atoms with Gasteiger partial charge in [-0.2, -0.15) is 5.26 Å². The summed E-state index contributed by atoms with van der Waals surface area (Å²) in [5, 5.41) is 30.4. The normalized spacial score (nSPS) is 10.8. The van der Waals surface area contributed by atoms with Gasteiger partial charge in [-0.15, -0.1) is 0 Å². The third-order valence-corrected chi connectivity index (χ3v) is 3.31. The quantitative estimate of drug-likeness (QED) is 0.354. The number of ether oxygens (including phenoxy) is 1. The van der Waals surface area contributed by atoms with Crippen molar-refractivity contribution in [1.29, 1.82) is 5.26 Å². The summed E-state index contributed by atoms with van der Waals surface area (Å²) in [4.78, 5) is 24.4. The van der Waals surface area contributed by atoms with Crippen molar-refractivity contribution in [2.75, 3.05) is 19.7 Å². The number of nitro groups is 1. The fraction of sp³-hybridized carbons (Fsp3) is 0.375. The van der Waals surface area contributed by atoms with E-state index in [-0.39, 0.29) is 29.2 Å². The molecule has 0 atom stereocenters. The standard InChI is InChI=1S/C16H19N3O5/c1-4-18(5-2)16(21)12(10-17)9-11-7-8-13(20)15(24-6-3)14(11)19(22)23/h7-9,20H,4-6H2,1-3H3/b12-9+. The fourth-order valence-electron chi connectivity index (χ4n) is 2.15. The zero-order valence-electron chi connectivity index (χ0n) is 13.8. The summed E-state index contributed by atoms with van der Waals surface area (Å²) in [6.45, 7) is 6.10. The Bertz CT molecular complexity index is 702. The van der Waals surface area contributed by atoms with E-state index in [2.05, 4.69) is 0 Å². The van der Waals surface area contributed by atoms with Crippen LogP contribution in [-0.2, 0) is 4.79 Å². The van der Waals surface area contributed by atoms with Crippen LogP contribution >= 0.6 is 0 Å². The van der Waals surface area contributed by atoms with Gasteiger partial charge in [0.05, 0.1) is 17.1 Å². The monoisotopic (exact) mass is 333 g/mol. The molecule has 0 unspecified atom stereocenters. The summed E-state index contributed by atoms with van der Waals surface area (Å²) in [5.74, 6) is -1.18. The van der Waals surface area contributed by atoms with Crippen LogP contribution in [0.2, 0.25) is 0 Å². The molecule has 8 nitrogen and oxygen atoms in total. The lowest BCUT2D eigenvalue weighted by Gasteiger charge is -2.17. The Kier molecular flexibility index (Phi) is 6.74. The highest BCUT2D eigenvalue weighted by molar-refractivity contribution is 6.02. The van der Waals surface area contributed by atoms with E-state index in [1.165, 1.54) is 17.0 Å². The maximum Gasteiger partial charge on any atom is 0.322 e. The molecule has 1 rings (SSSR count). The maximum atomic E-state index is 12.3. The molecule has 1 aromatic rings. The van der Waals surface area contributed by atoms with Gasteiger partial charge in [-0.1, -0.05) is 0 Å². The maximum absolute atomic E-state index is 12.3. The van der Waals surface area contributed by atoms with E-state index in [4.69, 9.17) is 4.74 Å². The lowest BCUT2D eigenvalue weighted by atomic mass is 10.1. The Morgan fingerprint density at radius 3 is 2.50 bits per heavy atom. The van der Waals surface area contributed by atoms with E-state index in [1.807, 2.05) is 0 Å². The van der Waals surface area contributed by atoms with Crippen molar-refractivity contribution in [2.45, 2.75) is 20.8 Å². The van der Waals surface area contributed by atoms with Gasteiger partial charge in [0.25, 0.3) is 5.91 Å². The number of hydrogen-bond donors (Lipinski definition) is 1. The third-order valence-electron chi connectivity index (χ3n) is 3.31. The third kappa shape index (κ3) is 4.01. The van der Waals surface area contributed by atoms with Gasteiger partial charge in [-0.25, -0.2) is 0 Å². The summed E-state index contributed by atoms with van der Waals surface area (Å²) in [6.07, 6.45) is 1.14.